The lowest BCUT2D eigenvalue weighted by molar-refractivity contribution is -0.141. The Labute approximate surface area is 122 Å². The van der Waals surface area contributed by atoms with Crippen molar-refractivity contribution < 1.29 is 14.7 Å². The van der Waals surface area contributed by atoms with Gasteiger partial charge in [0.25, 0.3) is 5.91 Å². The molecular formula is C17H17NO3. The number of ketones is 1. The van der Waals surface area contributed by atoms with Gasteiger partial charge in [-0.15, -0.1) is 0 Å². The molecule has 1 saturated carbocycles. The van der Waals surface area contributed by atoms with Crippen LogP contribution in [0.3, 0.4) is 0 Å². The van der Waals surface area contributed by atoms with Crippen molar-refractivity contribution in [2.75, 3.05) is 5.32 Å². The number of Topliss-reactive ketones (excluding diaryl/α,β-unsaturated/α-hetero) is 1. The second-order valence-electron chi connectivity index (χ2n) is 6.39. The van der Waals surface area contributed by atoms with E-state index in [9.17, 15) is 14.7 Å². The van der Waals surface area contributed by atoms with Gasteiger partial charge >= 0.3 is 0 Å². The van der Waals surface area contributed by atoms with E-state index in [1.807, 2.05) is 0 Å². The number of hydrogen-bond acceptors (Lipinski definition) is 3. The molecule has 4 rings (SSSR count). The van der Waals surface area contributed by atoms with Gasteiger partial charge in [-0.25, -0.2) is 0 Å². The maximum absolute atomic E-state index is 12.6. The van der Waals surface area contributed by atoms with Gasteiger partial charge in [0, 0.05) is 23.6 Å². The molecule has 108 valence electrons. The minimum atomic E-state index is -1.71. The number of fused-ring (bicyclic) bond motifs is 3. The van der Waals surface area contributed by atoms with Gasteiger partial charge in [-0.05, 0) is 30.7 Å². The van der Waals surface area contributed by atoms with Crippen molar-refractivity contribution in [1.82, 2.24) is 0 Å². The molecule has 1 aromatic carbocycles. The van der Waals surface area contributed by atoms with Crippen LogP contribution in [-0.4, -0.2) is 16.8 Å². The second-order valence-corrected chi connectivity index (χ2v) is 6.39. The molecule has 4 heteroatoms. The summed E-state index contributed by atoms with van der Waals surface area (Å²) < 4.78 is 0. The van der Waals surface area contributed by atoms with Gasteiger partial charge in [0.15, 0.2) is 5.60 Å². The highest BCUT2D eigenvalue weighted by Crippen LogP contribution is 2.46. The van der Waals surface area contributed by atoms with Gasteiger partial charge in [-0.2, -0.15) is 0 Å². The normalized spacial score (nSPS) is 35.9. The van der Waals surface area contributed by atoms with Crippen LogP contribution in [0.25, 0.3) is 0 Å². The number of rotatable bonds is 3. The number of anilines is 1. The Hall–Kier alpha value is -1.94. The van der Waals surface area contributed by atoms with Crippen molar-refractivity contribution in [2.24, 2.45) is 17.8 Å². The van der Waals surface area contributed by atoms with Crippen molar-refractivity contribution >= 4 is 17.4 Å². The lowest BCUT2D eigenvalue weighted by Gasteiger charge is -2.24. The van der Waals surface area contributed by atoms with Crippen LogP contribution in [0.5, 0.6) is 0 Å². The smallest absolute Gasteiger partial charge is 0.261 e. The summed E-state index contributed by atoms with van der Waals surface area (Å²) in [6.45, 7) is 0. The minimum Gasteiger partial charge on any atom is -0.375 e. The molecule has 2 aliphatic carbocycles. The molecule has 1 aromatic rings. The molecule has 1 aliphatic heterocycles. The molecule has 0 saturated heterocycles. The standard InChI is InChI=1S/C17H17NO3/c19-15(12-8-10-5-6-11(12)7-10)9-17(21)13-3-1-2-4-14(13)18-16(17)20/h1-6,10-12,21H,7-9H2,(H,18,20)/t10-,11+,12+,17-/m0/s1. The Morgan fingerprint density at radius 1 is 1.29 bits per heavy atom. The first-order valence-electron chi connectivity index (χ1n) is 7.42. The van der Waals surface area contributed by atoms with E-state index < -0.39 is 11.5 Å². The largest absolute Gasteiger partial charge is 0.375 e. The van der Waals surface area contributed by atoms with E-state index in [1.54, 1.807) is 24.3 Å². The van der Waals surface area contributed by atoms with E-state index in [0.717, 1.165) is 12.8 Å². The molecule has 3 aliphatic rings. The van der Waals surface area contributed by atoms with Crippen LogP contribution in [0.4, 0.5) is 5.69 Å². The zero-order valence-electron chi connectivity index (χ0n) is 11.6. The number of amides is 1. The van der Waals surface area contributed by atoms with Gasteiger partial charge in [-0.3, -0.25) is 9.59 Å². The third kappa shape index (κ3) is 1.79. The Morgan fingerprint density at radius 2 is 2.10 bits per heavy atom. The average Bonchev–Trinajstić information content (AvgIpc) is 3.15. The number of para-hydroxylation sites is 1. The first kappa shape index (κ1) is 12.8. The van der Waals surface area contributed by atoms with E-state index >= 15 is 0 Å². The predicted molar refractivity (Wildman–Crippen MR) is 77.4 cm³/mol. The molecule has 4 nitrogen and oxygen atoms in total. The first-order chi connectivity index (χ1) is 10.1. The molecule has 0 unspecified atom stereocenters. The third-order valence-corrected chi connectivity index (χ3v) is 5.12. The summed E-state index contributed by atoms with van der Waals surface area (Å²) in [7, 11) is 0. The molecule has 2 N–H and O–H groups in total. The summed E-state index contributed by atoms with van der Waals surface area (Å²) in [5, 5.41) is 13.4. The van der Waals surface area contributed by atoms with Gasteiger partial charge in [0.2, 0.25) is 0 Å². The van der Waals surface area contributed by atoms with Crippen LogP contribution in [0.1, 0.15) is 24.8 Å². The van der Waals surface area contributed by atoms with Gasteiger partial charge < -0.3 is 10.4 Å². The second kappa shape index (κ2) is 4.28. The fourth-order valence-corrected chi connectivity index (χ4v) is 4.01. The molecule has 1 amide bonds. The Balaban J connectivity index is 1.60. The zero-order valence-corrected chi connectivity index (χ0v) is 11.6. The van der Waals surface area contributed by atoms with Crippen molar-refractivity contribution in [2.45, 2.75) is 24.9 Å². The molecule has 0 spiro atoms. The molecule has 21 heavy (non-hydrogen) atoms. The monoisotopic (exact) mass is 283 g/mol. The fraction of sp³-hybridized carbons (Fsp3) is 0.412. The van der Waals surface area contributed by atoms with Crippen molar-refractivity contribution in [1.29, 1.82) is 0 Å². The van der Waals surface area contributed by atoms with Crippen LogP contribution in [-0.2, 0) is 15.2 Å². The van der Waals surface area contributed by atoms with E-state index in [-0.39, 0.29) is 18.1 Å². The number of aliphatic hydroxyl groups is 1. The molecule has 4 atom stereocenters. The number of hydrogen-bond donors (Lipinski definition) is 2. The topological polar surface area (TPSA) is 66.4 Å². The SMILES string of the molecule is O=C(C[C@@]1(O)C(=O)Nc2ccccc21)[C@@H]1C[C@H]2C=C[C@@H]1C2. The van der Waals surface area contributed by atoms with Crippen LogP contribution >= 0.6 is 0 Å². The number of carbonyl (C=O) groups is 2. The molecule has 1 fully saturated rings. The number of benzene rings is 1. The predicted octanol–water partition coefficient (Wildman–Crippen LogP) is 2.00. The fourth-order valence-electron chi connectivity index (χ4n) is 4.01. The summed E-state index contributed by atoms with van der Waals surface area (Å²) in [5.41, 5.74) is -0.591. The van der Waals surface area contributed by atoms with Crippen molar-refractivity contribution in [3.05, 3.63) is 42.0 Å². The summed E-state index contributed by atoms with van der Waals surface area (Å²) >= 11 is 0. The van der Waals surface area contributed by atoms with E-state index in [0.29, 0.717) is 23.1 Å². The average molecular weight is 283 g/mol. The number of nitrogens with one attached hydrogen (secondary N) is 1. The summed E-state index contributed by atoms with van der Waals surface area (Å²) in [6, 6.07) is 7.03. The first-order valence-corrected chi connectivity index (χ1v) is 7.42. The maximum Gasteiger partial charge on any atom is 0.261 e. The lowest BCUT2D eigenvalue weighted by atomic mass is 9.81. The van der Waals surface area contributed by atoms with Crippen molar-refractivity contribution in [3.8, 4) is 0 Å². The van der Waals surface area contributed by atoms with E-state index in [4.69, 9.17) is 0 Å². The van der Waals surface area contributed by atoms with Crippen LogP contribution < -0.4 is 5.32 Å². The highest BCUT2D eigenvalue weighted by Gasteiger charge is 2.49. The van der Waals surface area contributed by atoms with Crippen LogP contribution in [0, 0.1) is 17.8 Å². The number of allylic oxidation sites excluding steroid dienone is 2. The highest BCUT2D eigenvalue weighted by molar-refractivity contribution is 6.07. The Morgan fingerprint density at radius 3 is 2.81 bits per heavy atom. The lowest BCUT2D eigenvalue weighted by Crippen LogP contribution is -2.38. The number of carbonyl (C=O) groups excluding carboxylic acids is 2. The molecule has 0 aromatic heterocycles. The molecular weight excluding hydrogens is 266 g/mol. The van der Waals surface area contributed by atoms with Gasteiger partial charge in [0.1, 0.15) is 5.78 Å². The molecule has 0 radical (unpaired) electrons. The maximum atomic E-state index is 12.6. The van der Waals surface area contributed by atoms with E-state index in [1.165, 1.54) is 0 Å². The van der Waals surface area contributed by atoms with Crippen LogP contribution in [0.15, 0.2) is 36.4 Å². The molecule has 2 bridgehead atoms. The molecule has 1 heterocycles. The van der Waals surface area contributed by atoms with Gasteiger partial charge in [-0.1, -0.05) is 30.4 Å². The minimum absolute atomic E-state index is 0.00111. The third-order valence-electron chi connectivity index (χ3n) is 5.12. The Bertz CT molecular complexity index is 666. The highest BCUT2D eigenvalue weighted by atomic mass is 16.3. The van der Waals surface area contributed by atoms with Crippen LogP contribution in [0.2, 0.25) is 0 Å². The van der Waals surface area contributed by atoms with Gasteiger partial charge in [0.05, 0.1) is 0 Å². The Kier molecular flexibility index (Phi) is 2.60. The van der Waals surface area contributed by atoms with E-state index in [2.05, 4.69) is 17.5 Å². The quantitative estimate of drug-likeness (QED) is 0.834. The van der Waals surface area contributed by atoms with Crippen molar-refractivity contribution in [3.63, 3.8) is 0 Å². The summed E-state index contributed by atoms with van der Waals surface area (Å²) in [5.74, 6) is 0.274. The zero-order chi connectivity index (χ0) is 14.6. The summed E-state index contributed by atoms with van der Waals surface area (Å²) in [4.78, 5) is 24.7. The summed E-state index contributed by atoms with van der Waals surface area (Å²) in [6.07, 6.45) is 6.07.